The highest BCUT2D eigenvalue weighted by Crippen LogP contribution is 2.38. The van der Waals surface area contributed by atoms with Crippen LogP contribution in [-0.4, -0.2) is 30.1 Å². The van der Waals surface area contributed by atoms with Crippen LogP contribution in [-0.2, 0) is 30.7 Å². The van der Waals surface area contributed by atoms with Crippen LogP contribution in [0.4, 0.5) is 13.2 Å². The summed E-state index contributed by atoms with van der Waals surface area (Å²) in [6.07, 6.45) is -4.94. The molecule has 0 radical (unpaired) electrons. The number of hydrogen-bond acceptors (Lipinski definition) is 6. The molecule has 0 N–H and O–H groups in total. The minimum atomic E-state index is -4.71. The summed E-state index contributed by atoms with van der Waals surface area (Å²) in [7, 11) is 0. The van der Waals surface area contributed by atoms with Gasteiger partial charge < -0.3 is 9.47 Å². The standard InChI is InChI=1S/C16H16ClF3N2O4/c1-3-25-13(23)15(6-5-7-21,14(24)26-4-2)12-11(17)8-10(9-22-12)16(18,19)20/h8-9H,3-6H2,1-2H3. The van der Waals surface area contributed by atoms with Gasteiger partial charge in [-0.05, 0) is 26.3 Å². The molecule has 0 amide bonds. The molecule has 1 heterocycles. The Morgan fingerprint density at radius 1 is 1.23 bits per heavy atom. The third kappa shape index (κ3) is 4.43. The largest absolute Gasteiger partial charge is 0.465 e. The molecule has 0 aromatic carbocycles. The van der Waals surface area contributed by atoms with Crippen molar-refractivity contribution in [3.63, 3.8) is 0 Å². The van der Waals surface area contributed by atoms with Gasteiger partial charge in [0.2, 0.25) is 5.41 Å². The molecule has 142 valence electrons. The van der Waals surface area contributed by atoms with Crippen molar-refractivity contribution in [1.82, 2.24) is 4.98 Å². The second-order valence-electron chi connectivity index (χ2n) is 5.06. The summed E-state index contributed by atoms with van der Waals surface area (Å²) in [5.74, 6) is -2.19. The van der Waals surface area contributed by atoms with Crippen LogP contribution in [0.15, 0.2) is 12.3 Å². The molecule has 0 fully saturated rings. The Morgan fingerprint density at radius 2 is 1.77 bits per heavy atom. The fourth-order valence-corrected chi connectivity index (χ4v) is 2.59. The van der Waals surface area contributed by atoms with E-state index in [1.165, 1.54) is 13.8 Å². The molecule has 1 aromatic rings. The fraction of sp³-hybridized carbons (Fsp3) is 0.500. The zero-order valence-corrected chi connectivity index (χ0v) is 14.8. The van der Waals surface area contributed by atoms with Crippen molar-refractivity contribution in [2.75, 3.05) is 13.2 Å². The van der Waals surface area contributed by atoms with E-state index in [4.69, 9.17) is 26.3 Å². The maximum Gasteiger partial charge on any atom is 0.417 e. The Morgan fingerprint density at radius 3 is 2.15 bits per heavy atom. The van der Waals surface area contributed by atoms with Gasteiger partial charge in [-0.3, -0.25) is 14.6 Å². The Bertz CT molecular complexity index is 698. The van der Waals surface area contributed by atoms with E-state index in [0.717, 1.165) is 0 Å². The van der Waals surface area contributed by atoms with Crippen molar-refractivity contribution < 1.29 is 32.2 Å². The Hall–Kier alpha value is -2.34. The van der Waals surface area contributed by atoms with E-state index in [2.05, 4.69) is 4.98 Å². The molecular formula is C16H16ClF3N2O4. The van der Waals surface area contributed by atoms with Gasteiger partial charge in [0.15, 0.2) is 0 Å². The Labute approximate surface area is 152 Å². The zero-order valence-electron chi connectivity index (χ0n) is 14.0. The number of nitrogens with zero attached hydrogens (tertiary/aromatic N) is 2. The maximum absolute atomic E-state index is 12.8. The van der Waals surface area contributed by atoms with Crippen LogP contribution >= 0.6 is 11.6 Å². The molecule has 0 saturated heterocycles. The molecule has 6 nitrogen and oxygen atoms in total. The number of carbonyl (C=O) groups excluding carboxylic acids is 2. The van der Waals surface area contributed by atoms with Crippen molar-refractivity contribution in [1.29, 1.82) is 5.26 Å². The first-order valence-electron chi connectivity index (χ1n) is 7.59. The highest BCUT2D eigenvalue weighted by atomic mass is 35.5. The van der Waals surface area contributed by atoms with Crippen LogP contribution in [0.3, 0.4) is 0 Å². The maximum atomic E-state index is 12.8. The van der Waals surface area contributed by atoms with E-state index in [1.807, 2.05) is 0 Å². The molecule has 0 aliphatic heterocycles. The lowest BCUT2D eigenvalue weighted by Gasteiger charge is -2.28. The number of pyridine rings is 1. The number of hydrogen-bond donors (Lipinski definition) is 0. The highest BCUT2D eigenvalue weighted by molar-refractivity contribution is 6.32. The van der Waals surface area contributed by atoms with Crippen LogP contribution in [0.5, 0.6) is 0 Å². The zero-order chi connectivity index (χ0) is 20.0. The van der Waals surface area contributed by atoms with Crippen LogP contribution < -0.4 is 0 Å². The fourth-order valence-electron chi connectivity index (χ4n) is 2.26. The van der Waals surface area contributed by atoms with E-state index < -0.39 is 46.2 Å². The van der Waals surface area contributed by atoms with E-state index in [1.54, 1.807) is 6.07 Å². The van der Waals surface area contributed by atoms with Crippen molar-refractivity contribution in [3.8, 4) is 6.07 Å². The average Bonchev–Trinajstić information content (AvgIpc) is 2.56. The van der Waals surface area contributed by atoms with Gasteiger partial charge in [0.05, 0.1) is 35.6 Å². The lowest BCUT2D eigenvalue weighted by atomic mass is 9.79. The quantitative estimate of drug-likeness (QED) is 0.521. The summed E-state index contributed by atoms with van der Waals surface area (Å²) >= 11 is 5.93. The number of ether oxygens (including phenoxy) is 2. The number of halogens is 4. The molecule has 10 heteroatoms. The number of aromatic nitrogens is 1. The second kappa shape index (κ2) is 8.85. The highest BCUT2D eigenvalue weighted by Gasteiger charge is 2.53. The van der Waals surface area contributed by atoms with Gasteiger partial charge in [0.25, 0.3) is 0 Å². The van der Waals surface area contributed by atoms with Gasteiger partial charge >= 0.3 is 18.1 Å². The van der Waals surface area contributed by atoms with Crippen molar-refractivity contribution >= 4 is 23.5 Å². The summed E-state index contributed by atoms with van der Waals surface area (Å²) < 4.78 is 48.3. The molecule has 0 unspecified atom stereocenters. The molecule has 0 aliphatic carbocycles. The summed E-state index contributed by atoms with van der Waals surface area (Å²) in [6, 6.07) is 2.33. The molecule has 26 heavy (non-hydrogen) atoms. The monoisotopic (exact) mass is 392 g/mol. The summed E-state index contributed by atoms with van der Waals surface area (Å²) in [5.41, 5.74) is -3.82. The third-order valence-electron chi connectivity index (χ3n) is 3.43. The van der Waals surface area contributed by atoms with Crippen molar-refractivity contribution in [2.24, 2.45) is 0 Å². The normalized spacial score (nSPS) is 11.6. The average molecular weight is 393 g/mol. The predicted molar refractivity (Wildman–Crippen MR) is 84.0 cm³/mol. The first kappa shape index (κ1) is 21.7. The van der Waals surface area contributed by atoms with E-state index in [9.17, 15) is 22.8 Å². The van der Waals surface area contributed by atoms with Crippen molar-refractivity contribution in [3.05, 3.63) is 28.5 Å². The van der Waals surface area contributed by atoms with Crippen LogP contribution in [0.1, 0.15) is 37.9 Å². The predicted octanol–water partition coefficient (Wildman–Crippen LogP) is 3.42. The van der Waals surface area contributed by atoms with Gasteiger partial charge in [-0.1, -0.05) is 11.6 Å². The number of esters is 2. The lowest BCUT2D eigenvalue weighted by molar-refractivity contribution is -0.165. The Kier molecular flexibility index (Phi) is 7.39. The summed E-state index contributed by atoms with van der Waals surface area (Å²) in [5, 5.41) is 8.31. The topological polar surface area (TPSA) is 89.3 Å². The summed E-state index contributed by atoms with van der Waals surface area (Å²) in [6.45, 7) is 2.76. The number of nitriles is 1. The molecule has 0 aliphatic rings. The minimum absolute atomic E-state index is 0.106. The van der Waals surface area contributed by atoms with E-state index in [-0.39, 0.29) is 19.6 Å². The third-order valence-corrected chi connectivity index (χ3v) is 3.72. The number of rotatable bonds is 7. The number of alkyl halides is 3. The molecule has 0 bridgehead atoms. The molecular weight excluding hydrogens is 377 g/mol. The minimum Gasteiger partial charge on any atom is -0.465 e. The summed E-state index contributed by atoms with van der Waals surface area (Å²) in [4.78, 5) is 28.8. The van der Waals surface area contributed by atoms with Gasteiger partial charge in [0, 0.05) is 12.6 Å². The molecule has 0 atom stereocenters. The van der Waals surface area contributed by atoms with Crippen LogP contribution in [0, 0.1) is 11.3 Å². The smallest absolute Gasteiger partial charge is 0.417 e. The number of carbonyl (C=O) groups is 2. The SMILES string of the molecule is CCOC(=O)C(CCC#N)(C(=O)OCC)c1ncc(C(F)(F)F)cc1Cl. The van der Waals surface area contributed by atoms with E-state index >= 15 is 0 Å². The first-order valence-corrected chi connectivity index (χ1v) is 7.97. The molecule has 1 aromatic heterocycles. The van der Waals surface area contributed by atoms with Crippen LogP contribution in [0.2, 0.25) is 5.02 Å². The molecule has 1 rings (SSSR count). The first-order chi connectivity index (χ1) is 12.1. The molecule has 0 spiro atoms. The van der Waals surface area contributed by atoms with Gasteiger partial charge in [-0.15, -0.1) is 0 Å². The van der Waals surface area contributed by atoms with Crippen molar-refractivity contribution in [2.45, 2.75) is 38.3 Å². The van der Waals surface area contributed by atoms with Crippen LogP contribution in [0.25, 0.3) is 0 Å². The lowest BCUT2D eigenvalue weighted by Crippen LogP contribution is -2.47. The second-order valence-corrected chi connectivity index (χ2v) is 5.46. The van der Waals surface area contributed by atoms with E-state index in [0.29, 0.717) is 12.3 Å². The van der Waals surface area contributed by atoms with Gasteiger partial charge in [-0.25, -0.2) is 0 Å². The van der Waals surface area contributed by atoms with Gasteiger partial charge in [-0.2, -0.15) is 18.4 Å². The van der Waals surface area contributed by atoms with Gasteiger partial charge in [0.1, 0.15) is 0 Å². The Balaban J connectivity index is 3.64. The molecule has 0 saturated carbocycles.